The average molecular weight is 236 g/mol. The normalized spacial score (nSPS) is 16.7. The SMILES string of the molecule is Nc1cc(C(=O)OCC2CCOCC2)ccn1. The van der Waals surface area contributed by atoms with Gasteiger partial charge in [-0.3, -0.25) is 0 Å². The van der Waals surface area contributed by atoms with E-state index < -0.39 is 0 Å². The maximum Gasteiger partial charge on any atom is 0.338 e. The van der Waals surface area contributed by atoms with Gasteiger partial charge in [-0.2, -0.15) is 0 Å². The van der Waals surface area contributed by atoms with Gasteiger partial charge in [0.15, 0.2) is 0 Å². The van der Waals surface area contributed by atoms with Crippen LogP contribution in [0.5, 0.6) is 0 Å². The van der Waals surface area contributed by atoms with Gasteiger partial charge in [0.2, 0.25) is 0 Å². The second-order valence-corrected chi connectivity index (χ2v) is 4.12. The van der Waals surface area contributed by atoms with E-state index in [0.29, 0.717) is 23.9 Å². The molecule has 0 spiro atoms. The van der Waals surface area contributed by atoms with Crippen molar-refractivity contribution < 1.29 is 14.3 Å². The summed E-state index contributed by atoms with van der Waals surface area (Å²) in [6, 6.07) is 3.12. The van der Waals surface area contributed by atoms with Crippen molar-refractivity contribution in [2.45, 2.75) is 12.8 Å². The van der Waals surface area contributed by atoms with Crippen molar-refractivity contribution in [3.8, 4) is 0 Å². The minimum Gasteiger partial charge on any atom is -0.462 e. The topological polar surface area (TPSA) is 74.4 Å². The maximum absolute atomic E-state index is 11.7. The van der Waals surface area contributed by atoms with Crippen LogP contribution in [0.25, 0.3) is 0 Å². The lowest BCUT2D eigenvalue weighted by Crippen LogP contribution is -2.22. The zero-order valence-corrected chi connectivity index (χ0v) is 9.59. The second-order valence-electron chi connectivity index (χ2n) is 4.12. The molecule has 2 heterocycles. The smallest absolute Gasteiger partial charge is 0.338 e. The molecule has 1 aliphatic rings. The predicted molar refractivity (Wildman–Crippen MR) is 62.5 cm³/mol. The van der Waals surface area contributed by atoms with E-state index in [1.54, 1.807) is 6.07 Å². The molecule has 0 saturated carbocycles. The van der Waals surface area contributed by atoms with Gasteiger partial charge >= 0.3 is 5.97 Å². The first-order valence-corrected chi connectivity index (χ1v) is 5.72. The summed E-state index contributed by atoms with van der Waals surface area (Å²) in [4.78, 5) is 15.5. The number of pyridine rings is 1. The standard InChI is InChI=1S/C12H16N2O3/c13-11-7-10(1-4-14-11)12(15)17-8-9-2-5-16-6-3-9/h1,4,7,9H,2-3,5-6,8H2,(H2,13,14). The highest BCUT2D eigenvalue weighted by Gasteiger charge is 2.16. The van der Waals surface area contributed by atoms with Crippen LogP contribution in [0.1, 0.15) is 23.2 Å². The molecule has 2 rings (SSSR count). The van der Waals surface area contributed by atoms with Crippen LogP contribution in [-0.2, 0) is 9.47 Å². The molecule has 0 bridgehead atoms. The Hall–Kier alpha value is -1.62. The van der Waals surface area contributed by atoms with E-state index in [9.17, 15) is 4.79 Å². The van der Waals surface area contributed by atoms with Crippen LogP contribution in [0.2, 0.25) is 0 Å². The Kier molecular flexibility index (Phi) is 3.93. The molecule has 5 nitrogen and oxygen atoms in total. The second kappa shape index (κ2) is 5.63. The van der Waals surface area contributed by atoms with E-state index in [2.05, 4.69) is 4.98 Å². The van der Waals surface area contributed by atoms with Gasteiger partial charge in [0.05, 0.1) is 12.2 Å². The Morgan fingerprint density at radius 1 is 1.53 bits per heavy atom. The van der Waals surface area contributed by atoms with Crippen molar-refractivity contribution in [3.63, 3.8) is 0 Å². The van der Waals surface area contributed by atoms with Gasteiger partial charge in [0, 0.05) is 19.4 Å². The van der Waals surface area contributed by atoms with Gasteiger partial charge in [-0.15, -0.1) is 0 Å². The number of carbonyl (C=O) groups is 1. The van der Waals surface area contributed by atoms with Crippen molar-refractivity contribution in [2.24, 2.45) is 5.92 Å². The molecule has 1 aromatic rings. The molecule has 1 saturated heterocycles. The number of esters is 1. The number of nitrogens with zero attached hydrogens (tertiary/aromatic N) is 1. The van der Waals surface area contributed by atoms with E-state index >= 15 is 0 Å². The van der Waals surface area contributed by atoms with Crippen molar-refractivity contribution in [2.75, 3.05) is 25.6 Å². The van der Waals surface area contributed by atoms with Gasteiger partial charge in [0.25, 0.3) is 0 Å². The summed E-state index contributed by atoms with van der Waals surface area (Å²) in [7, 11) is 0. The third-order valence-electron chi connectivity index (χ3n) is 2.81. The molecular weight excluding hydrogens is 220 g/mol. The predicted octanol–water partition coefficient (Wildman–Crippen LogP) is 1.25. The zero-order valence-electron chi connectivity index (χ0n) is 9.59. The molecule has 0 aliphatic carbocycles. The quantitative estimate of drug-likeness (QED) is 0.799. The first-order chi connectivity index (χ1) is 8.25. The van der Waals surface area contributed by atoms with Gasteiger partial charge < -0.3 is 15.2 Å². The minimum absolute atomic E-state index is 0.325. The van der Waals surface area contributed by atoms with Gasteiger partial charge in [-0.1, -0.05) is 0 Å². The zero-order chi connectivity index (χ0) is 12.1. The summed E-state index contributed by atoms with van der Waals surface area (Å²) in [5, 5.41) is 0. The van der Waals surface area contributed by atoms with E-state index in [1.807, 2.05) is 0 Å². The molecular formula is C12H16N2O3. The lowest BCUT2D eigenvalue weighted by atomic mass is 10.0. The third kappa shape index (κ3) is 3.42. The Morgan fingerprint density at radius 2 is 2.29 bits per heavy atom. The number of hydrogen-bond donors (Lipinski definition) is 1. The number of hydrogen-bond acceptors (Lipinski definition) is 5. The highest BCUT2D eigenvalue weighted by atomic mass is 16.5. The van der Waals surface area contributed by atoms with Crippen molar-refractivity contribution in [1.29, 1.82) is 0 Å². The Bertz CT molecular complexity index is 389. The molecule has 2 N–H and O–H groups in total. The highest BCUT2D eigenvalue weighted by molar-refractivity contribution is 5.89. The Labute approximate surface area is 99.9 Å². The largest absolute Gasteiger partial charge is 0.462 e. The van der Waals surface area contributed by atoms with Gasteiger partial charge in [-0.05, 0) is 30.9 Å². The molecule has 0 aromatic carbocycles. The molecule has 5 heteroatoms. The van der Waals surface area contributed by atoms with Crippen molar-refractivity contribution in [1.82, 2.24) is 4.98 Å². The molecule has 1 aromatic heterocycles. The number of nitrogen functional groups attached to an aromatic ring is 1. The number of rotatable bonds is 3. The first-order valence-electron chi connectivity index (χ1n) is 5.72. The van der Waals surface area contributed by atoms with Crippen LogP contribution in [0.15, 0.2) is 18.3 Å². The van der Waals surface area contributed by atoms with Gasteiger partial charge in [0.1, 0.15) is 5.82 Å². The van der Waals surface area contributed by atoms with Gasteiger partial charge in [-0.25, -0.2) is 9.78 Å². The Morgan fingerprint density at radius 3 is 3.00 bits per heavy atom. The summed E-state index contributed by atoms with van der Waals surface area (Å²) < 4.78 is 10.5. The molecule has 1 fully saturated rings. The highest BCUT2D eigenvalue weighted by Crippen LogP contribution is 2.15. The minimum atomic E-state index is -0.342. The molecule has 1 aliphatic heterocycles. The summed E-state index contributed by atoms with van der Waals surface area (Å²) >= 11 is 0. The van der Waals surface area contributed by atoms with Crippen LogP contribution >= 0.6 is 0 Å². The summed E-state index contributed by atoms with van der Waals surface area (Å²) in [6.45, 7) is 1.96. The van der Waals surface area contributed by atoms with E-state index in [-0.39, 0.29) is 5.97 Å². The fraction of sp³-hybridized carbons (Fsp3) is 0.500. The lowest BCUT2D eigenvalue weighted by molar-refractivity contribution is 0.0185. The average Bonchev–Trinajstić information content (AvgIpc) is 2.37. The van der Waals surface area contributed by atoms with Crippen LogP contribution in [-0.4, -0.2) is 30.8 Å². The van der Waals surface area contributed by atoms with Crippen LogP contribution in [0, 0.1) is 5.92 Å². The molecule has 0 unspecified atom stereocenters. The fourth-order valence-corrected chi connectivity index (χ4v) is 1.77. The van der Waals surface area contributed by atoms with E-state index in [1.165, 1.54) is 12.3 Å². The lowest BCUT2D eigenvalue weighted by Gasteiger charge is -2.21. The van der Waals surface area contributed by atoms with Crippen LogP contribution in [0.3, 0.4) is 0 Å². The Balaban J connectivity index is 1.84. The number of nitrogens with two attached hydrogens (primary N) is 1. The number of carbonyl (C=O) groups excluding carboxylic acids is 1. The summed E-state index contributed by atoms with van der Waals surface area (Å²) in [5.74, 6) is 0.392. The molecule has 0 atom stereocenters. The monoisotopic (exact) mass is 236 g/mol. The van der Waals surface area contributed by atoms with Crippen LogP contribution in [0.4, 0.5) is 5.82 Å². The summed E-state index contributed by atoms with van der Waals surface area (Å²) in [6.07, 6.45) is 3.40. The molecule has 17 heavy (non-hydrogen) atoms. The fourth-order valence-electron chi connectivity index (χ4n) is 1.77. The van der Waals surface area contributed by atoms with Crippen LogP contribution < -0.4 is 5.73 Å². The first kappa shape index (κ1) is 11.9. The third-order valence-corrected chi connectivity index (χ3v) is 2.81. The molecule has 0 amide bonds. The summed E-state index contributed by atoms with van der Waals surface area (Å²) in [5.41, 5.74) is 5.95. The van der Waals surface area contributed by atoms with E-state index in [0.717, 1.165) is 26.1 Å². The van der Waals surface area contributed by atoms with E-state index in [4.69, 9.17) is 15.2 Å². The molecule has 0 radical (unpaired) electrons. The number of aromatic nitrogens is 1. The number of anilines is 1. The number of ether oxygens (including phenoxy) is 2. The maximum atomic E-state index is 11.7. The van der Waals surface area contributed by atoms with Crippen molar-refractivity contribution in [3.05, 3.63) is 23.9 Å². The molecule has 92 valence electrons. The van der Waals surface area contributed by atoms with Crippen molar-refractivity contribution >= 4 is 11.8 Å².